The Balaban J connectivity index is 1.20. The largest absolute Gasteiger partial charge is 0.370 e. The number of anilines is 5. The lowest BCUT2D eigenvalue weighted by atomic mass is 9.60. The Kier molecular flexibility index (Phi) is 7.83. The van der Waals surface area contributed by atoms with Gasteiger partial charge in [-0.3, -0.25) is 9.97 Å². The fraction of sp³-hybridized carbons (Fsp3) is 0.400. The molecule has 1 saturated heterocycles. The van der Waals surface area contributed by atoms with Crippen molar-refractivity contribution in [2.75, 3.05) is 56.0 Å². The van der Waals surface area contributed by atoms with Crippen LogP contribution in [0.4, 0.5) is 34.5 Å². The van der Waals surface area contributed by atoms with Gasteiger partial charge in [0.05, 0.1) is 28.4 Å². The van der Waals surface area contributed by atoms with Gasteiger partial charge < -0.3 is 25.0 Å². The van der Waals surface area contributed by atoms with Gasteiger partial charge in [0.25, 0.3) is 0 Å². The smallest absolute Gasteiger partial charge is 0.229 e. The fourth-order valence-corrected chi connectivity index (χ4v) is 7.85. The second-order valence-electron chi connectivity index (χ2n) is 12.2. The molecule has 4 aromatic rings. The molecule has 2 aromatic carbocycles. The maximum absolute atomic E-state index is 13.3. The molecule has 2 N–H and O–H groups in total. The maximum Gasteiger partial charge on any atom is 0.229 e. The Morgan fingerprint density at radius 2 is 1.79 bits per heavy atom. The minimum Gasteiger partial charge on any atom is -0.370 e. The van der Waals surface area contributed by atoms with Crippen molar-refractivity contribution in [3.05, 3.63) is 58.9 Å². The molecule has 1 aliphatic heterocycles. The minimum absolute atomic E-state index is 0.273. The summed E-state index contributed by atoms with van der Waals surface area (Å²) in [7, 11) is 1.54. The van der Waals surface area contributed by atoms with Gasteiger partial charge in [-0.05, 0) is 94.0 Å². The van der Waals surface area contributed by atoms with Crippen LogP contribution in [0.5, 0.6) is 0 Å². The number of halogens is 1. The van der Waals surface area contributed by atoms with Crippen LogP contribution in [-0.2, 0) is 4.57 Å². The zero-order chi connectivity index (χ0) is 30.4. The third-order valence-electron chi connectivity index (χ3n) is 8.71. The summed E-state index contributed by atoms with van der Waals surface area (Å²) >= 11 is 6.47. The first-order valence-electron chi connectivity index (χ1n) is 14.3. The molecule has 1 aliphatic carbocycles. The SMILES string of the molecule is CN(C)C1CC2(CCN(c3ccc(Nc4ncc(Cl)c(Nc5ccc6nccnc6c5P(C)(C)=O)n4)cc3N=O)CC2)C1. The molecule has 13 heteroatoms. The number of nitroso groups, excluding NO2 is 1. The van der Waals surface area contributed by atoms with Crippen molar-refractivity contribution in [2.24, 2.45) is 10.6 Å². The average molecular weight is 620 g/mol. The minimum atomic E-state index is -2.77. The van der Waals surface area contributed by atoms with Crippen molar-refractivity contribution in [1.82, 2.24) is 24.8 Å². The first-order valence-corrected chi connectivity index (χ1v) is 17.3. The maximum atomic E-state index is 13.3. The Bertz CT molecular complexity index is 1730. The highest BCUT2D eigenvalue weighted by Gasteiger charge is 2.46. The van der Waals surface area contributed by atoms with E-state index < -0.39 is 7.14 Å². The standard InChI is InChI=1S/C30H35ClN9O2P/c1-39(2)20-16-30(17-20)9-13-40(14-10-30)25-8-5-19(15-24(25)38-41)35-29-34-18-21(31)28(37-29)36-23-7-6-22-26(33-12-11-32-22)27(23)43(3,4)42/h5-8,11-12,15,18,20H,9-10,13-14,16-17H2,1-4H3,(H2,34,35,36,37). The molecule has 0 bridgehead atoms. The van der Waals surface area contributed by atoms with Gasteiger partial charge in [0.15, 0.2) is 5.82 Å². The summed E-state index contributed by atoms with van der Waals surface area (Å²) in [5.74, 6) is 0.604. The number of aromatic nitrogens is 4. The third-order valence-corrected chi connectivity index (χ3v) is 10.5. The van der Waals surface area contributed by atoms with Gasteiger partial charge in [-0.25, -0.2) is 4.98 Å². The fourth-order valence-electron chi connectivity index (χ4n) is 6.32. The van der Waals surface area contributed by atoms with E-state index in [-0.39, 0.29) is 11.0 Å². The van der Waals surface area contributed by atoms with Gasteiger partial charge in [-0.1, -0.05) is 11.6 Å². The van der Waals surface area contributed by atoms with Gasteiger partial charge >= 0.3 is 0 Å². The van der Waals surface area contributed by atoms with Crippen LogP contribution in [0.1, 0.15) is 25.7 Å². The summed E-state index contributed by atoms with van der Waals surface area (Å²) in [4.78, 5) is 34.2. The summed E-state index contributed by atoms with van der Waals surface area (Å²) in [6.45, 7) is 5.20. The molecule has 0 amide bonds. The molecule has 0 radical (unpaired) electrons. The highest BCUT2D eigenvalue weighted by molar-refractivity contribution is 7.71. The van der Waals surface area contributed by atoms with Crippen molar-refractivity contribution in [2.45, 2.75) is 31.7 Å². The number of nitrogens with zero attached hydrogens (tertiary/aromatic N) is 7. The van der Waals surface area contributed by atoms with Gasteiger partial charge in [0.1, 0.15) is 23.4 Å². The highest BCUT2D eigenvalue weighted by Crippen LogP contribution is 2.51. The van der Waals surface area contributed by atoms with Gasteiger partial charge in [0.2, 0.25) is 5.95 Å². The van der Waals surface area contributed by atoms with Crippen LogP contribution in [-0.4, -0.2) is 71.4 Å². The Hall–Kier alpha value is -3.66. The van der Waals surface area contributed by atoms with Gasteiger partial charge in [0, 0.05) is 37.2 Å². The summed E-state index contributed by atoms with van der Waals surface area (Å²) in [6.07, 6.45) is 9.41. The second-order valence-corrected chi connectivity index (χ2v) is 15.7. The number of hydrogen-bond acceptors (Lipinski definition) is 11. The molecule has 43 heavy (non-hydrogen) atoms. The van der Waals surface area contributed by atoms with Gasteiger partial charge in [-0.15, -0.1) is 4.91 Å². The van der Waals surface area contributed by atoms with Crippen molar-refractivity contribution in [3.8, 4) is 0 Å². The molecular weight excluding hydrogens is 585 g/mol. The first-order chi connectivity index (χ1) is 20.5. The Labute approximate surface area is 255 Å². The second kappa shape index (κ2) is 11.4. The van der Waals surface area contributed by atoms with Crippen molar-refractivity contribution < 1.29 is 4.57 Å². The Morgan fingerprint density at radius 3 is 2.49 bits per heavy atom. The highest BCUT2D eigenvalue weighted by atomic mass is 35.5. The Morgan fingerprint density at radius 1 is 1.05 bits per heavy atom. The molecule has 11 nitrogen and oxygen atoms in total. The van der Waals surface area contributed by atoms with E-state index in [1.165, 1.54) is 19.0 Å². The predicted octanol–water partition coefficient (Wildman–Crippen LogP) is 6.52. The van der Waals surface area contributed by atoms with E-state index in [0.717, 1.165) is 31.6 Å². The van der Waals surface area contributed by atoms with E-state index in [2.05, 4.69) is 59.6 Å². The molecular formula is C30H35ClN9O2P. The lowest BCUT2D eigenvalue weighted by Crippen LogP contribution is -2.53. The monoisotopic (exact) mass is 619 g/mol. The molecule has 1 spiro atoms. The third kappa shape index (κ3) is 5.94. The van der Waals surface area contributed by atoms with Crippen molar-refractivity contribution >= 4 is 69.6 Å². The van der Waals surface area contributed by atoms with Crippen LogP contribution in [0, 0.1) is 10.3 Å². The van der Waals surface area contributed by atoms with E-state index in [1.54, 1.807) is 37.9 Å². The number of piperidine rings is 1. The summed E-state index contributed by atoms with van der Waals surface area (Å²) < 4.78 is 13.3. The van der Waals surface area contributed by atoms with Crippen LogP contribution in [0.3, 0.4) is 0 Å². The van der Waals surface area contributed by atoms with Crippen LogP contribution in [0.25, 0.3) is 11.0 Å². The number of benzene rings is 2. The molecule has 0 atom stereocenters. The summed E-state index contributed by atoms with van der Waals surface area (Å²) in [5, 5.41) is 10.6. The molecule has 2 fully saturated rings. The van der Waals surface area contributed by atoms with E-state index in [1.807, 2.05) is 18.2 Å². The number of hydrogen-bond donors (Lipinski definition) is 2. The molecule has 2 aromatic heterocycles. The lowest BCUT2D eigenvalue weighted by Gasteiger charge is -2.54. The zero-order valence-corrected chi connectivity index (χ0v) is 26.4. The van der Waals surface area contributed by atoms with Crippen LogP contribution < -0.4 is 20.8 Å². The molecule has 0 unspecified atom stereocenters. The van der Waals surface area contributed by atoms with E-state index in [9.17, 15) is 9.47 Å². The van der Waals surface area contributed by atoms with Crippen molar-refractivity contribution in [3.63, 3.8) is 0 Å². The molecule has 2 aliphatic rings. The normalized spacial score (nSPS) is 16.8. The molecule has 224 valence electrons. The van der Waals surface area contributed by atoms with Gasteiger partial charge in [-0.2, -0.15) is 4.98 Å². The van der Waals surface area contributed by atoms with Crippen LogP contribution >= 0.6 is 18.7 Å². The van der Waals surface area contributed by atoms with E-state index >= 15 is 0 Å². The molecule has 6 rings (SSSR count). The summed E-state index contributed by atoms with van der Waals surface area (Å²) in [5.41, 5.74) is 4.06. The predicted molar refractivity (Wildman–Crippen MR) is 175 cm³/mol. The first kappa shape index (κ1) is 29.4. The number of nitrogens with one attached hydrogen (secondary N) is 2. The number of fused-ring (bicyclic) bond motifs is 1. The van der Waals surface area contributed by atoms with E-state index in [4.69, 9.17) is 11.6 Å². The van der Waals surface area contributed by atoms with Crippen LogP contribution in [0.15, 0.2) is 54.1 Å². The quantitative estimate of drug-likeness (QED) is 0.166. The lowest BCUT2D eigenvalue weighted by molar-refractivity contribution is 0.00491. The zero-order valence-electron chi connectivity index (χ0n) is 24.7. The summed E-state index contributed by atoms with van der Waals surface area (Å²) in [6, 6.07) is 9.83. The number of rotatable bonds is 8. The molecule has 3 heterocycles. The van der Waals surface area contributed by atoms with Crippen molar-refractivity contribution in [1.29, 1.82) is 0 Å². The van der Waals surface area contributed by atoms with E-state index in [0.29, 0.717) is 50.7 Å². The topological polar surface area (TPSA) is 129 Å². The van der Waals surface area contributed by atoms with Crippen LogP contribution in [0.2, 0.25) is 5.02 Å². The average Bonchev–Trinajstić information content (AvgIpc) is 2.96. The molecule has 1 saturated carbocycles.